The lowest BCUT2D eigenvalue weighted by Crippen LogP contribution is -2.28. The largest absolute Gasteiger partial charge is 0.490 e. The van der Waals surface area contributed by atoms with Crippen LogP contribution >= 0.6 is 0 Å². The first kappa shape index (κ1) is 16.2. The quantitative estimate of drug-likeness (QED) is 0.593. The Labute approximate surface area is 117 Å². The number of methoxy groups -OCH3 is 1. The number of rotatable bonds is 7. The fourth-order valence-electron chi connectivity index (χ4n) is 1.45. The van der Waals surface area contributed by atoms with Gasteiger partial charge >= 0.3 is 5.69 Å². The van der Waals surface area contributed by atoms with Gasteiger partial charge in [0.1, 0.15) is 0 Å². The molecule has 0 heterocycles. The van der Waals surface area contributed by atoms with Gasteiger partial charge < -0.3 is 10.1 Å². The highest BCUT2D eigenvalue weighted by molar-refractivity contribution is 7.89. The summed E-state index contributed by atoms with van der Waals surface area (Å²) in [5.41, 5.74) is 0.417. The van der Waals surface area contributed by atoms with Crippen molar-refractivity contribution in [1.82, 2.24) is 4.31 Å². The zero-order valence-corrected chi connectivity index (χ0v) is 12.3. The molecule has 1 N–H and O–H groups in total. The zero-order chi connectivity index (χ0) is 15.3. The smallest absolute Gasteiger partial charge is 0.311 e. The van der Waals surface area contributed by atoms with Gasteiger partial charge in [-0.15, -0.1) is 0 Å². The van der Waals surface area contributed by atoms with Gasteiger partial charge in [-0.2, -0.15) is 0 Å². The summed E-state index contributed by atoms with van der Waals surface area (Å²) in [7, 11) is 0.987. The molecule has 1 aromatic rings. The van der Waals surface area contributed by atoms with Crippen LogP contribution in [0.2, 0.25) is 0 Å². The molecular weight excluding hydrogens is 286 g/mol. The molecule has 0 saturated heterocycles. The molecule has 0 unspecified atom stereocenters. The van der Waals surface area contributed by atoms with Crippen LogP contribution in [0.15, 0.2) is 18.2 Å². The van der Waals surface area contributed by atoms with E-state index in [2.05, 4.69) is 5.32 Å². The molecule has 0 aliphatic carbocycles. The Morgan fingerprint density at radius 3 is 2.55 bits per heavy atom. The number of nitrogens with zero attached hydrogens (tertiary/aromatic N) is 2. The van der Waals surface area contributed by atoms with Crippen LogP contribution in [-0.2, 0) is 10.0 Å². The third-order valence-corrected chi connectivity index (χ3v) is 4.45. The van der Waals surface area contributed by atoms with Crippen molar-refractivity contribution < 1.29 is 18.1 Å². The summed E-state index contributed by atoms with van der Waals surface area (Å²) in [6.07, 6.45) is 0. The maximum atomic E-state index is 11.6. The molecule has 9 heteroatoms. The van der Waals surface area contributed by atoms with E-state index in [0.29, 0.717) is 5.69 Å². The van der Waals surface area contributed by atoms with Crippen LogP contribution in [-0.4, -0.2) is 51.1 Å². The van der Waals surface area contributed by atoms with Crippen molar-refractivity contribution in [3.05, 3.63) is 28.3 Å². The number of nitro benzene ring substituents is 1. The Morgan fingerprint density at radius 2 is 2.05 bits per heavy atom. The molecular formula is C11H17N3O5S. The minimum absolute atomic E-state index is 0.0701. The molecule has 112 valence electrons. The van der Waals surface area contributed by atoms with Crippen molar-refractivity contribution >= 4 is 21.4 Å². The lowest BCUT2D eigenvalue weighted by atomic mass is 10.2. The fourth-order valence-corrected chi connectivity index (χ4v) is 2.17. The van der Waals surface area contributed by atoms with E-state index in [1.165, 1.54) is 39.4 Å². The van der Waals surface area contributed by atoms with E-state index in [4.69, 9.17) is 4.74 Å². The van der Waals surface area contributed by atoms with Gasteiger partial charge in [0, 0.05) is 38.5 Å². The van der Waals surface area contributed by atoms with Crippen LogP contribution in [0.3, 0.4) is 0 Å². The van der Waals surface area contributed by atoms with Crippen LogP contribution in [0, 0.1) is 10.1 Å². The number of anilines is 1. The second-order valence-electron chi connectivity index (χ2n) is 4.17. The first-order chi connectivity index (χ1) is 9.27. The first-order valence-corrected chi connectivity index (χ1v) is 7.35. The van der Waals surface area contributed by atoms with E-state index in [-0.39, 0.29) is 23.7 Å². The maximum Gasteiger partial charge on any atom is 0.311 e. The third kappa shape index (κ3) is 4.07. The minimum Gasteiger partial charge on any atom is -0.490 e. The standard InChI is InChI=1S/C11H17N3O5S/c1-13(2)20(17,18)7-6-12-9-4-5-10(14(15)16)11(8-9)19-3/h4-5,8,12H,6-7H2,1-3H3. The summed E-state index contributed by atoms with van der Waals surface area (Å²) in [6, 6.07) is 4.27. The number of sulfonamides is 1. The SMILES string of the molecule is COc1cc(NCCS(=O)(=O)N(C)C)ccc1[N+](=O)[O-]. The molecule has 20 heavy (non-hydrogen) atoms. The van der Waals surface area contributed by atoms with Crippen LogP contribution in [0.5, 0.6) is 5.75 Å². The van der Waals surface area contributed by atoms with Crippen LogP contribution in [0.1, 0.15) is 0 Å². The van der Waals surface area contributed by atoms with Crippen molar-refractivity contribution in [3.63, 3.8) is 0 Å². The monoisotopic (exact) mass is 303 g/mol. The Hall–Kier alpha value is -1.87. The van der Waals surface area contributed by atoms with E-state index in [1.807, 2.05) is 0 Å². The predicted molar refractivity (Wildman–Crippen MR) is 75.6 cm³/mol. The predicted octanol–water partition coefficient (Wildman–Crippen LogP) is 0.907. The van der Waals surface area contributed by atoms with Gasteiger partial charge in [-0.05, 0) is 6.07 Å². The third-order valence-electron chi connectivity index (χ3n) is 2.62. The summed E-state index contributed by atoms with van der Waals surface area (Å²) >= 11 is 0. The highest BCUT2D eigenvalue weighted by atomic mass is 32.2. The average molecular weight is 303 g/mol. The van der Waals surface area contributed by atoms with E-state index in [1.54, 1.807) is 0 Å². The average Bonchev–Trinajstić information content (AvgIpc) is 2.37. The van der Waals surface area contributed by atoms with Crippen LogP contribution in [0.25, 0.3) is 0 Å². The number of benzene rings is 1. The van der Waals surface area contributed by atoms with Crippen molar-refractivity contribution in [2.45, 2.75) is 0 Å². The van der Waals surface area contributed by atoms with Gasteiger partial charge in [0.25, 0.3) is 0 Å². The topological polar surface area (TPSA) is 102 Å². The molecule has 0 spiro atoms. The van der Waals surface area contributed by atoms with Gasteiger partial charge in [-0.25, -0.2) is 12.7 Å². The normalized spacial score (nSPS) is 11.4. The maximum absolute atomic E-state index is 11.6. The Balaban J connectivity index is 2.73. The summed E-state index contributed by atoms with van der Waals surface area (Å²) in [6.45, 7) is 0.196. The van der Waals surface area contributed by atoms with Crippen LogP contribution < -0.4 is 10.1 Å². The Morgan fingerprint density at radius 1 is 1.40 bits per heavy atom. The van der Waals surface area contributed by atoms with Crippen molar-refractivity contribution in [1.29, 1.82) is 0 Å². The molecule has 8 nitrogen and oxygen atoms in total. The number of hydrogen-bond donors (Lipinski definition) is 1. The van der Waals surface area contributed by atoms with Gasteiger partial charge in [0.05, 0.1) is 17.8 Å². The molecule has 0 amide bonds. The van der Waals surface area contributed by atoms with Crippen molar-refractivity contribution in [2.24, 2.45) is 0 Å². The number of nitro groups is 1. The minimum atomic E-state index is -3.27. The lowest BCUT2D eigenvalue weighted by Gasteiger charge is -2.12. The molecule has 0 radical (unpaired) electrons. The van der Waals surface area contributed by atoms with Gasteiger partial charge in [-0.1, -0.05) is 0 Å². The Kier molecular flexibility index (Phi) is 5.28. The molecule has 0 aliphatic rings. The molecule has 0 atom stereocenters. The highest BCUT2D eigenvalue weighted by Crippen LogP contribution is 2.29. The molecule has 0 saturated carbocycles. The van der Waals surface area contributed by atoms with E-state index in [0.717, 1.165) is 4.31 Å². The Bertz CT molecular complexity index is 586. The second-order valence-corrected chi connectivity index (χ2v) is 6.47. The summed E-state index contributed by atoms with van der Waals surface area (Å²) < 4.78 is 29.2. The highest BCUT2D eigenvalue weighted by Gasteiger charge is 2.16. The molecule has 0 fully saturated rings. The summed E-state index contributed by atoms with van der Waals surface area (Å²) in [4.78, 5) is 10.2. The molecule has 1 aromatic carbocycles. The zero-order valence-electron chi connectivity index (χ0n) is 11.5. The van der Waals surface area contributed by atoms with Crippen molar-refractivity contribution in [2.75, 3.05) is 38.8 Å². The number of nitrogens with one attached hydrogen (secondary N) is 1. The van der Waals surface area contributed by atoms with E-state index >= 15 is 0 Å². The van der Waals surface area contributed by atoms with Gasteiger partial charge in [-0.3, -0.25) is 10.1 Å². The number of ether oxygens (including phenoxy) is 1. The molecule has 0 aliphatic heterocycles. The van der Waals surface area contributed by atoms with E-state index in [9.17, 15) is 18.5 Å². The lowest BCUT2D eigenvalue weighted by molar-refractivity contribution is -0.385. The molecule has 1 rings (SSSR count). The first-order valence-electron chi connectivity index (χ1n) is 5.74. The van der Waals surface area contributed by atoms with E-state index < -0.39 is 14.9 Å². The number of hydrogen-bond acceptors (Lipinski definition) is 6. The molecule has 0 bridgehead atoms. The summed E-state index contributed by atoms with van der Waals surface area (Å²) in [5, 5.41) is 13.6. The van der Waals surface area contributed by atoms with Crippen molar-refractivity contribution in [3.8, 4) is 5.75 Å². The van der Waals surface area contributed by atoms with Crippen LogP contribution in [0.4, 0.5) is 11.4 Å². The summed E-state index contributed by atoms with van der Waals surface area (Å²) in [5.74, 6) is 0.0507. The van der Waals surface area contributed by atoms with Gasteiger partial charge in [0.2, 0.25) is 10.0 Å². The van der Waals surface area contributed by atoms with Gasteiger partial charge in [0.15, 0.2) is 5.75 Å². The fraction of sp³-hybridized carbons (Fsp3) is 0.455. The second kappa shape index (κ2) is 6.53. The molecule has 0 aromatic heterocycles.